The fourth-order valence-electron chi connectivity index (χ4n) is 1.98. The molecule has 0 spiro atoms. The molecule has 0 radical (unpaired) electrons. The molecular formula is C16H22ClN3O2S. The SMILES string of the molecule is CSCC[C@H](N)C(=O)NC(C)c1ncc(-c2ccccc2)o1.Cl. The number of benzene rings is 1. The van der Waals surface area contributed by atoms with E-state index in [-0.39, 0.29) is 24.4 Å². The molecule has 2 aromatic rings. The van der Waals surface area contributed by atoms with Gasteiger partial charge in [-0.1, -0.05) is 30.3 Å². The molecule has 0 saturated heterocycles. The lowest BCUT2D eigenvalue weighted by Gasteiger charge is -2.15. The third kappa shape index (κ3) is 5.57. The van der Waals surface area contributed by atoms with E-state index in [1.807, 2.05) is 43.5 Å². The molecule has 1 aromatic heterocycles. The number of carbonyl (C=O) groups is 1. The van der Waals surface area contributed by atoms with E-state index in [1.165, 1.54) is 0 Å². The first kappa shape index (κ1) is 19.5. The van der Waals surface area contributed by atoms with Crippen molar-refractivity contribution in [2.24, 2.45) is 5.73 Å². The highest BCUT2D eigenvalue weighted by molar-refractivity contribution is 7.98. The maximum absolute atomic E-state index is 12.0. The van der Waals surface area contributed by atoms with Crippen LogP contribution in [-0.4, -0.2) is 28.9 Å². The van der Waals surface area contributed by atoms with E-state index in [1.54, 1.807) is 18.0 Å². The molecule has 23 heavy (non-hydrogen) atoms. The van der Waals surface area contributed by atoms with Crippen molar-refractivity contribution in [2.45, 2.75) is 25.4 Å². The van der Waals surface area contributed by atoms with Crippen LogP contribution in [0.2, 0.25) is 0 Å². The standard InChI is InChI=1S/C16H21N3O2S.ClH/c1-11(19-15(20)13(17)8-9-22-2)16-18-10-14(21-16)12-6-4-3-5-7-12;/h3-7,10-11,13H,8-9,17H2,1-2H3,(H,19,20);1H/t11?,13-;/m0./s1. The molecule has 0 aliphatic carbocycles. The lowest BCUT2D eigenvalue weighted by atomic mass is 10.2. The first-order valence-corrected chi connectivity index (χ1v) is 8.57. The van der Waals surface area contributed by atoms with Crippen LogP contribution in [0.15, 0.2) is 40.9 Å². The molecule has 5 nitrogen and oxygen atoms in total. The lowest BCUT2D eigenvalue weighted by molar-refractivity contribution is -0.123. The van der Waals surface area contributed by atoms with E-state index in [9.17, 15) is 4.79 Å². The average Bonchev–Trinajstić information content (AvgIpc) is 3.03. The molecule has 2 rings (SSSR count). The van der Waals surface area contributed by atoms with Crippen LogP contribution in [0, 0.1) is 0 Å². The van der Waals surface area contributed by atoms with Gasteiger partial charge >= 0.3 is 0 Å². The zero-order valence-corrected chi connectivity index (χ0v) is 14.8. The summed E-state index contributed by atoms with van der Waals surface area (Å²) in [6.07, 6.45) is 4.31. The van der Waals surface area contributed by atoms with Gasteiger partial charge in [-0.25, -0.2) is 4.98 Å². The van der Waals surface area contributed by atoms with Gasteiger partial charge in [-0.05, 0) is 25.4 Å². The Balaban J connectivity index is 0.00000264. The van der Waals surface area contributed by atoms with Crippen molar-refractivity contribution in [1.29, 1.82) is 0 Å². The van der Waals surface area contributed by atoms with Crippen LogP contribution < -0.4 is 11.1 Å². The largest absolute Gasteiger partial charge is 0.438 e. The second-order valence-electron chi connectivity index (χ2n) is 5.05. The first-order chi connectivity index (χ1) is 10.6. The smallest absolute Gasteiger partial charge is 0.237 e. The number of nitrogens with two attached hydrogens (primary N) is 1. The maximum atomic E-state index is 12.0. The summed E-state index contributed by atoms with van der Waals surface area (Å²) in [5, 5.41) is 2.84. The molecule has 0 fully saturated rings. The van der Waals surface area contributed by atoms with E-state index in [0.717, 1.165) is 11.3 Å². The summed E-state index contributed by atoms with van der Waals surface area (Å²) < 4.78 is 5.72. The van der Waals surface area contributed by atoms with Crippen molar-refractivity contribution in [3.8, 4) is 11.3 Å². The average molecular weight is 356 g/mol. The number of rotatable bonds is 7. The number of aromatic nitrogens is 1. The maximum Gasteiger partial charge on any atom is 0.237 e. The number of hydrogen-bond acceptors (Lipinski definition) is 5. The van der Waals surface area contributed by atoms with Gasteiger partial charge in [0.15, 0.2) is 5.76 Å². The van der Waals surface area contributed by atoms with Gasteiger partial charge in [0.05, 0.1) is 12.2 Å². The predicted molar refractivity (Wildman–Crippen MR) is 96.7 cm³/mol. The highest BCUT2D eigenvalue weighted by Gasteiger charge is 2.19. The molecule has 1 amide bonds. The zero-order valence-electron chi connectivity index (χ0n) is 13.2. The lowest BCUT2D eigenvalue weighted by Crippen LogP contribution is -2.42. The minimum Gasteiger partial charge on any atom is -0.438 e. The number of nitrogens with one attached hydrogen (secondary N) is 1. The molecule has 1 heterocycles. The van der Waals surface area contributed by atoms with E-state index < -0.39 is 6.04 Å². The minimum absolute atomic E-state index is 0. The van der Waals surface area contributed by atoms with Crippen LogP contribution in [0.1, 0.15) is 25.3 Å². The summed E-state index contributed by atoms with van der Waals surface area (Å²) in [5.41, 5.74) is 6.80. The Hall–Kier alpha value is -1.50. The van der Waals surface area contributed by atoms with Gasteiger partial charge in [0, 0.05) is 5.56 Å². The Morgan fingerprint density at radius 2 is 2.09 bits per heavy atom. The predicted octanol–water partition coefficient (Wildman–Crippen LogP) is 3.02. The van der Waals surface area contributed by atoms with Gasteiger partial charge in [-0.2, -0.15) is 11.8 Å². The van der Waals surface area contributed by atoms with E-state index in [2.05, 4.69) is 10.3 Å². The summed E-state index contributed by atoms with van der Waals surface area (Å²) in [4.78, 5) is 16.2. The highest BCUT2D eigenvalue weighted by atomic mass is 35.5. The second-order valence-corrected chi connectivity index (χ2v) is 6.03. The number of thioether (sulfide) groups is 1. The molecule has 2 atom stereocenters. The quantitative estimate of drug-likeness (QED) is 0.797. The number of oxazole rings is 1. The van der Waals surface area contributed by atoms with Crippen molar-refractivity contribution in [1.82, 2.24) is 10.3 Å². The molecule has 7 heteroatoms. The molecule has 1 unspecified atom stereocenters. The monoisotopic (exact) mass is 355 g/mol. The first-order valence-electron chi connectivity index (χ1n) is 7.18. The Bertz CT molecular complexity index is 606. The van der Waals surface area contributed by atoms with E-state index in [4.69, 9.17) is 10.2 Å². The van der Waals surface area contributed by atoms with Crippen molar-refractivity contribution in [2.75, 3.05) is 12.0 Å². The number of hydrogen-bond donors (Lipinski definition) is 2. The third-order valence-corrected chi connectivity index (χ3v) is 3.92. The summed E-state index contributed by atoms with van der Waals surface area (Å²) in [5.74, 6) is 1.84. The molecule has 0 saturated carbocycles. The molecule has 1 aromatic carbocycles. The Morgan fingerprint density at radius 3 is 2.74 bits per heavy atom. The molecule has 0 aliphatic heterocycles. The Morgan fingerprint density at radius 1 is 1.39 bits per heavy atom. The molecule has 3 N–H and O–H groups in total. The minimum atomic E-state index is -0.501. The van der Waals surface area contributed by atoms with Crippen LogP contribution in [0.3, 0.4) is 0 Å². The van der Waals surface area contributed by atoms with Crippen LogP contribution in [-0.2, 0) is 4.79 Å². The van der Waals surface area contributed by atoms with Crippen LogP contribution in [0.5, 0.6) is 0 Å². The topological polar surface area (TPSA) is 81.2 Å². The summed E-state index contributed by atoms with van der Waals surface area (Å²) in [7, 11) is 0. The van der Waals surface area contributed by atoms with Crippen LogP contribution in [0.25, 0.3) is 11.3 Å². The van der Waals surface area contributed by atoms with Gasteiger partial charge in [-0.15, -0.1) is 12.4 Å². The zero-order chi connectivity index (χ0) is 15.9. The number of carbonyl (C=O) groups excluding carboxylic acids is 1. The molecule has 0 aliphatic rings. The number of nitrogens with zero attached hydrogens (tertiary/aromatic N) is 1. The third-order valence-electron chi connectivity index (χ3n) is 3.28. The van der Waals surface area contributed by atoms with Crippen molar-refractivity contribution in [3.63, 3.8) is 0 Å². The fourth-order valence-corrected chi connectivity index (χ4v) is 2.47. The Kier molecular flexibility index (Phi) is 8.16. The second kappa shape index (κ2) is 9.60. The molecular weight excluding hydrogens is 334 g/mol. The Labute approximate surface area is 146 Å². The molecule has 0 bridgehead atoms. The van der Waals surface area contributed by atoms with Gasteiger partial charge in [0.2, 0.25) is 11.8 Å². The van der Waals surface area contributed by atoms with Gasteiger partial charge in [0.25, 0.3) is 0 Å². The normalized spacial score (nSPS) is 13.0. The van der Waals surface area contributed by atoms with Crippen molar-refractivity contribution in [3.05, 3.63) is 42.4 Å². The van der Waals surface area contributed by atoms with E-state index >= 15 is 0 Å². The summed E-state index contributed by atoms with van der Waals surface area (Å²) in [6.45, 7) is 1.83. The molecule has 126 valence electrons. The highest BCUT2D eigenvalue weighted by Crippen LogP contribution is 2.22. The van der Waals surface area contributed by atoms with Gasteiger partial charge in [-0.3, -0.25) is 4.79 Å². The van der Waals surface area contributed by atoms with Gasteiger partial charge in [0.1, 0.15) is 6.04 Å². The fraction of sp³-hybridized carbons (Fsp3) is 0.375. The number of halogens is 1. The van der Waals surface area contributed by atoms with E-state index in [0.29, 0.717) is 18.1 Å². The van der Waals surface area contributed by atoms with Gasteiger partial charge < -0.3 is 15.5 Å². The van der Waals surface area contributed by atoms with Crippen molar-refractivity contribution >= 4 is 30.1 Å². The summed E-state index contributed by atoms with van der Waals surface area (Å²) >= 11 is 1.67. The number of amides is 1. The van der Waals surface area contributed by atoms with Crippen molar-refractivity contribution < 1.29 is 9.21 Å². The summed E-state index contributed by atoms with van der Waals surface area (Å²) in [6, 6.07) is 8.90. The van der Waals surface area contributed by atoms with Crippen LogP contribution in [0.4, 0.5) is 0 Å². The van der Waals surface area contributed by atoms with Crippen LogP contribution >= 0.6 is 24.2 Å².